The molecule has 1 aliphatic heterocycles. The number of hydrogen-bond acceptors (Lipinski definition) is 2. The third-order valence-electron chi connectivity index (χ3n) is 3.82. The van der Waals surface area contributed by atoms with Crippen molar-refractivity contribution in [1.82, 2.24) is 4.90 Å². The van der Waals surface area contributed by atoms with Crippen LogP contribution in [0.2, 0.25) is 5.02 Å². The van der Waals surface area contributed by atoms with Crippen molar-refractivity contribution in [3.8, 4) is 0 Å². The number of benzene rings is 2. The predicted octanol–water partition coefficient (Wildman–Crippen LogP) is 3.50. The molecule has 1 heterocycles. The van der Waals surface area contributed by atoms with Crippen molar-refractivity contribution in [1.29, 1.82) is 0 Å². The summed E-state index contributed by atoms with van der Waals surface area (Å²) in [6.07, 6.45) is 0. The standard InChI is InChI=1S/C16H17ClN2/c1-19-9-14(11-5-7-12(17)8-6-11)13-3-2-4-16(18)15(13)10-19/h2-8,14H,9-10,18H2,1H3/t14-/m1/s1. The maximum Gasteiger partial charge on any atom is 0.0406 e. The Bertz CT molecular complexity index is 592. The number of rotatable bonds is 1. The molecule has 0 saturated heterocycles. The highest BCUT2D eigenvalue weighted by Gasteiger charge is 2.25. The summed E-state index contributed by atoms with van der Waals surface area (Å²) >= 11 is 5.97. The molecule has 0 spiro atoms. The highest BCUT2D eigenvalue weighted by atomic mass is 35.5. The molecule has 0 bridgehead atoms. The van der Waals surface area contributed by atoms with Crippen LogP contribution in [0.4, 0.5) is 5.69 Å². The van der Waals surface area contributed by atoms with Crippen LogP contribution in [0.5, 0.6) is 0 Å². The summed E-state index contributed by atoms with van der Waals surface area (Å²) in [7, 11) is 2.14. The third kappa shape index (κ3) is 2.34. The van der Waals surface area contributed by atoms with Gasteiger partial charge in [0.15, 0.2) is 0 Å². The van der Waals surface area contributed by atoms with Gasteiger partial charge in [-0.05, 0) is 41.9 Å². The van der Waals surface area contributed by atoms with E-state index in [0.29, 0.717) is 5.92 Å². The number of fused-ring (bicyclic) bond motifs is 1. The smallest absolute Gasteiger partial charge is 0.0406 e. The molecule has 0 aliphatic carbocycles. The average molecular weight is 273 g/mol. The SMILES string of the molecule is CN1Cc2c(N)cccc2[C@@H](c2ccc(Cl)cc2)C1. The van der Waals surface area contributed by atoms with Crippen molar-refractivity contribution >= 4 is 17.3 Å². The van der Waals surface area contributed by atoms with E-state index in [1.54, 1.807) is 0 Å². The van der Waals surface area contributed by atoms with Crippen LogP contribution in [0, 0.1) is 0 Å². The summed E-state index contributed by atoms with van der Waals surface area (Å²) in [5.74, 6) is 0.370. The van der Waals surface area contributed by atoms with Gasteiger partial charge in [-0.2, -0.15) is 0 Å². The molecular formula is C16H17ClN2. The van der Waals surface area contributed by atoms with Crippen LogP contribution in [0.25, 0.3) is 0 Å². The van der Waals surface area contributed by atoms with E-state index >= 15 is 0 Å². The molecule has 0 aromatic heterocycles. The Morgan fingerprint density at radius 2 is 1.89 bits per heavy atom. The van der Waals surface area contributed by atoms with Gasteiger partial charge in [0.2, 0.25) is 0 Å². The first-order chi connectivity index (χ1) is 9.15. The molecule has 2 aromatic rings. The molecule has 0 unspecified atom stereocenters. The van der Waals surface area contributed by atoms with E-state index in [1.807, 2.05) is 24.3 Å². The van der Waals surface area contributed by atoms with Gasteiger partial charge in [0.05, 0.1) is 0 Å². The minimum atomic E-state index is 0.370. The number of nitrogens with two attached hydrogens (primary N) is 1. The first kappa shape index (κ1) is 12.5. The predicted molar refractivity (Wildman–Crippen MR) is 80.5 cm³/mol. The van der Waals surface area contributed by atoms with Crippen molar-refractivity contribution in [2.45, 2.75) is 12.5 Å². The van der Waals surface area contributed by atoms with Gasteiger partial charge in [-0.1, -0.05) is 35.9 Å². The molecule has 2 N–H and O–H groups in total. The summed E-state index contributed by atoms with van der Waals surface area (Å²) in [5, 5.41) is 0.778. The number of halogens is 1. The molecule has 2 aromatic carbocycles. The van der Waals surface area contributed by atoms with Crippen molar-refractivity contribution < 1.29 is 0 Å². The van der Waals surface area contributed by atoms with Crippen LogP contribution < -0.4 is 5.73 Å². The zero-order chi connectivity index (χ0) is 13.4. The van der Waals surface area contributed by atoms with Crippen LogP contribution >= 0.6 is 11.6 Å². The highest BCUT2D eigenvalue weighted by molar-refractivity contribution is 6.30. The Morgan fingerprint density at radius 1 is 1.16 bits per heavy atom. The summed E-state index contributed by atoms with van der Waals surface area (Å²) < 4.78 is 0. The number of hydrogen-bond donors (Lipinski definition) is 1. The van der Waals surface area contributed by atoms with Gasteiger partial charge in [-0.15, -0.1) is 0 Å². The van der Waals surface area contributed by atoms with Gasteiger partial charge in [0, 0.05) is 29.7 Å². The van der Waals surface area contributed by atoms with Crippen molar-refractivity contribution in [3.05, 3.63) is 64.2 Å². The Hall–Kier alpha value is -1.51. The van der Waals surface area contributed by atoms with E-state index in [4.69, 9.17) is 17.3 Å². The first-order valence-electron chi connectivity index (χ1n) is 6.46. The second-order valence-corrected chi connectivity index (χ2v) is 5.65. The monoisotopic (exact) mass is 272 g/mol. The van der Waals surface area contributed by atoms with Crippen molar-refractivity contribution in [2.75, 3.05) is 19.3 Å². The number of anilines is 1. The number of nitrogens with zero attached hydrogens (tertiary/aromatic N) is 1. The second kappa shape index (κ2) is 4.87. The molecule has 0 radical (unpaired) electrons. The lowest BCUT2D eigenvalue weighted by atomic mass is 9.84. The van der Waals surface area contributed by atoms with E-state index in [-0.39, 0.29) is 0 Å². The average Bonchev–Trinajstić information content (AvgIpc) is 2.40. The Kier molecular flexibility index (Phi) is 3.21. The second-order valence-electron chi connectivity index (χ2n) is 5.22. The van der Waals surface area contributed by atoms with Crippen LogP contribution in [0.15, 0.2) is 42.5 Å². The Morgan fingerprint density at radius 3 is 2.63 bits per heavy atom. The van der Waals surface area contributed by atoms with Gasteiger partial charge in [0.1, 0.15) is 0 Å². The zero-order valence-electron chi connectivity index (χ0n) is 10.9. The molecule has 0 amide bonds. The minimum absolute atomic E-state index is 0.370. The van der Waals surface area contributed by atoms with Crippen molar-refractivity contribution in [3.63, 3.8) is 0 Å². The number of likely N-dealkylation sites (N-methyl/N-ethyl adjacent to an activating group) is 1. The molecular weight excluding hydrogens is 256 g/mol. The third-order valence-corrected chi connectivity index (χ3v) is 4.07. The summed E-state index contributed by atoms with van der Waals surface area (Å²) in [5.41, 5.74) is 10.9. The van der Waals surface area contributed by atoms with E-state index in [9.17, 15) is 0 Å². The molecule has 1 aliphatic rings. The molecule has 3 rings (SSSR count). The molecule has 2 nitrogen and oxygen atoms in total. The fourth-order valence-electron chi connectivity index (χ4n) is 2.86. The zero-order valence-corrected chi connectivity index (χ0v) is 11.7. The lowest BCUT2D eigenvalue weighted by molar-refractivity contribution is 0.296. The van der Waals surface area contributed by atoms with E-state index in [0.717, 1.165) is 23.8 Å². The van der Waals surface area contributed by atoms with Crippen LogP contribution in [0.1, 0.15) is 22.6 Å². The van der Waals surface area contributed by atoms with E-state index in [1.165, 1.54) is 16.7 Å². The molecule has 98 valence electrons. The van der Waals surface area contributed by atoms with Crippen LogP contribution in [0.3, 0.4) is 0 Å². The fourth-order valence-corrected chi connectivity index (χ4v) is 2.98. The summed E-state index contributed by atoms with van der Waals surface area (Å²) in [6.45, 7) is 1.93. The molecule has 1 atom stereocenters. The first-order valence-corrected chi connectivity index (χ1v) is 6.84. The van der Waals surface area contributed by atoms with Gasteiger partial charge >= 0.3 is 0 Å². The molecule has 0 fully saturated rings. The van der Waals surface area contributed by atoms with E-state index < -0.39 is 0 Å². The summed E-state index contributed by atoms with van der Waals surface area (Å²) in [6, 6.07) is 14.4. The molecule has 3 heteroatoms. The molecule has 0 saturated carbocycles. The lowest BCUT2D eigenvalue weighted by Crippen LogP contribution is -2.31. The summed E-state index contributed by atoms with van der Waals surface area (Å²) in [4.78, 5) is 2.32. The van der Waals surface area contributed by atoms with Crippen LogP contribution in [-0.4, -0.2) is 18.5 Å². The van der Waals surface area contributed by atoms with E-state index in [2.05, 4.69) is 30.1 Å². The van der Waals surface area contributed by atoms with Crippen LogP contribution in [-0.2, 0) is 6.54 Å². The topological polar surface area (TPSA) is 29.3 Å². The largest absolute Gasteiger partial charge is 0.398 e. The Balaban J connectivity index is 2.08. The Labute approximate surface area is 118 Å². The van der Waals surface area contributed by atoms with Crippen molar-refractivity contribution in [2.24, 2.45) is 0 Å². The normalized spacial score (nSPS) is 19.2. The van der Waals surface area contributed by atoms with Gasteiger partial charge in [0.25, 0.3) is 0 Å². The maximum atomic E-state index is 6.12. The number of nitrogen functional groups attached to an aromatic ring is 1. The van der Waals surface area contributed by atoms with Gasteiger partial charge in [-0.3, -0.25) is 0 Å². The fraction of sp³-hybridized carbons (Fsp3) is 0.250. The quantitative estimate of drug-likeness (QED) is 0.805. The highest BCUT2D eigenvalue weighted by Crippen LogP contribution is 2.35. The maximum absolute atomic E-state index is 6.12. The van der Waals surface area contributed by atoms with Gasteiger partial charge in [-0.25, -0.2) is 0 Å². The molecule has 19 heavy (non-hydrogen) atoms. The van der Waals surface area contributed by atoms with Gasteiger partial charge < -0.3 is 10.6 Å². The lowest BCUT2D eigenvalue weighted by Gasteiger charge is -2.33. The minimum Gasteiger partial charge on any atom is -0.398 e.